The van der Waals surface area contributed by atoms with Gasteiger partial charge in [0, 0.05) is 0 Å². The van der Waals surface area contributed by atoms with Crippen molar-refractivity contribution >= 4 is 11.7 Å². The second kappa shape index (κ2) is 4.84. The number of pyridine rings is 1. The number of amides is 1. The van der Waals surface area contributed by atoms with Crippen LogP contribution < -0.4 is 16.8 Å². The molecular weight excluding hydrogens is 218 g/mol. The predicted octanol–water partition coefficient (Wildman–Crippen LogP) is 0.186. The number of nitrogens with one attached hydrogen (secondary N) is 1. The van der Waals surface area contributed by atoms with Gasteiger partial charge in [-0.25, -0.2) is 13.8 Å². The maximum absolute atomic E-state index is 12.8. The third-order valence-electron chi connectivity index (χ3n) is 1.83. The van der Waals surface area contributed by atoms with E-state index in [2.05, 4.69) is 10.3 Å². The number of hydrogen-bond acceptors (Lipinski definition) is 4. The van der Waals surface area contributed by atoms with Crippen LogP contribution in [0.25, 0.3) is 0 Å². The van der Waals surface area contributed by atoms with Crippen LogP contribution in [0.3, 0.4) is 0 Å². The average Bonchev–Trinajstić information content (AvgIpc) is 2.27. The Kier molecular flexibility index (Phi) is 3.73. The van der Waals surface area contributed by atoms with Crippen LogP contribution in [-0.2, 0) is 0 Å². The SMILES string of the molecule is NCC(F)(F)CNc1cccc(C(N)=O)n1. The molecule has 0 aliphatic carbocycles. The number of nitrogens with two attached hydrogens (primary N) is 2. The zero-order chi connectivity index (χ0) is 12.2. The van der Waals surface area contributed by atoms with Crippen molar-refractivity contribution in [3.63, 3.8) is 0 Å². The summed E-state index contributed by atoms with van der Waals surface area (Å²) in [6.07, 6.45) is 0. The van der Waals surface area contributed by atoms with Crippen LogP contribution in [0.4, 0.5) is 14.6 Å². The number of alkyl halides is 2. The first-order valence-corrected chi connectivity index (χ1v) is 4.53. The van der Waals surface area contributed by atoms with Gasteiger partial charge in [-0.15, -0.1) is 0 Å². The first-order valence-electron chi connectivity index (χ1n) is 4.53. The monoisotopic (exact) mass is 230 g/mol. The van der Waals surface area contributed by atoms with Gasteiger partial charge in [-0.2, -0.15) is 0 Å². The van der Waals surface area contributed by atoms with E-state index in [1.54, 1.807) is 0 Å². The molecule has 0 unspecified atom stereocenters. The van der Waals surface area contributed by atoms with Crippen LogP contribution in [0, 0.1) is 0 Å². The lowest BCUT2D eigenvalue weighted by Crippen LogP contribution is -2.35. The van der Waals surface area contributed by atoms with Crippen molar-refractivity contribution in [3.05, 3.63) is 23.9 Å². The second-order valence-electron chi connectivity index (χ2n) is 3.19. The summed E-state index contributed by atoms with van der Waals surface area (Å²) in [7, 11) is 0. The molecule has 1 heterocycles. The largest absolute Gasteiger partial charge is 0.364 e. The highest BCUT2D eigenvalue weighted by Crippen LogP contribution is 2.12. The number of rotatable bonds is 5. The highest BCUT2D eigenvalue weighted by atomic mass is 19.3. The summed E-state index contributed by atoms with van der Waals surface area (Å²) >= 11 is 0. The zero-order valence-electron chi connectivity index (χ0n) is 8.41. The Balaban J connectivity index is 2.68. The van der Waals surface area contributed by atoms with E-state index in [0.29, 0.717) is 0 Å². The lowest BCUT2D eigenvalue weighted by Gasteiger charge is -2.14. The minimum absolute atomic E-state index is 0.0149. The first kappa shape index (κ1) is 12.3. The van der Waals surface area contributed by atoms with Gasteiger partial charge in [0.05, 0.1) is 13.1 Å². The fourth-order valence-corrected chi connectivity index (χ4v) is 0.962. The lowest BCUT2D eigenvalue weighted by molar-refractivity contribution is 0.0253. The molecule has 1 rings (SSSR count). The number of nitrogens with zero attached hydrogens (tertiary/aromatic N) is 1. The van der Waals surface area contributed by atoms with Gasteiger partial charge in [0.25, 0.3) is 11.8 Å². The molecule has 7 heteroatoms. The molecule has 0 spiro atoms. The van der Waals surface area contributed by atoms with Gasteiger partial charge in [-0.1, -0.05) is 6.07 Å². The van der Waals surface area contributed by atoms with Crippen LogP contribution in [0.5, 0.6) is 0 Å². The molecule has 5 nitrogen and oxygen atoms in total. The van der Waals surface area contributed by atoms with Crippen molar-refractivity contribution in [1.29, 1.82) is 0 Å². The molecule has 1 aromatic heterocycles. The van der Waals surface area contributed by atoms with E-state index in [0.717, 1.165) is 0 Å². The fourth-order valence-electron chi connectivity index (χ4n) is 0.962. The van der Waals surface area contributed by atoms with Crippen LogP contribution in [0.1, 0.15) is 10.5 Å². The molecule has 1 amide bonds. The third-order valence-corrected chi connectivity index (χ3v) is 1.83. The Hall–Kier alpha value is -1.76. The molecule has 1 aromatic rings. The van der Waals surface area contributed by atoms with Crippen LogP contribution >= 0.6 is 0 Å². The molecule has 0 aromatic carbocycles. The van der Waals surface area contributed by atoms with Gasteiger partial charge >= 0.3 is 0 Å². The Labute approximate surface area is 90.8 Å². The summed E-state index contributed by atoms with van der Waals surface area (Å²) in [5, 5.41) is 2.38. The number of carbonyl (C=O) groups is 1. The lowest BCUT2D eigenvalue weighted by atomic mass is 10.3. The van der Waals surface area contributed by atoms with Crippen LogP contribution in [-0.4, -0.2) is 29.9 Å². The molecule has 0 fully saturated rings. The van der Waals surface area contributed by atoms with Gasteiger partial charge in [0.2, 0.25) is 0 Å². The van der Waals surface area contributed by atoms with E-state index < -0.39 is 24.9 Å². The van der Waals surface area contributed by atoms with Crippen molar-refractivity contribution in [2.24, 2.45) is 11.5 Å². The normalized spacial score (nSPS) is 11.2. The van der Waals surface area contributed by atoms with E-state index in [9.17, 15) is 13.6 Å². The third kappa shape index (κ3) is 3.43. The number of anilines is 1. The molecule has 0 saturated carbocycles. The molecule has 0 atom stereocenters. The minimum atomic E-state index is -3.01. The molecule has 5 N–H and O–H groups in total. The van der Waals surface area contributed by atoms with Crippen molar-refractivity contribution in [2.45, 2.75) is 5.92 Å². The average molecular weight is 230 g/mol. The molecule has 0 saturated heterocycles. The Morgan fingerprint density at radius 2 is 2.19 bits per heavy atom. The van der Waals surface area contributed by atoms with Gasteiger partial charge in [0.15, 0.2) is 0 Å². The van der Waals surface area contributed by atoms with E-state index in [4.69, 9.17) is 11.5 Å². The topological polar surface area (TPSA) is 94.0 Å². The molecule has 0 radical (unpaired) electrons. The smallest absolute Gasteiger partial charge is 0.276 e. The first-order chi connectivity index (χ1) is 7.44. The molecule has 0 aliphatic heterocycles. The van der Waals surface area contributed by atoms with E-state index in [-0.39, 0.29) is 11.5 Å². The molecule has 88 valence electrons. The van der Waals surface area contributed by atoms with Crippen molar-refractivity contribution < 1.29 is 13.6 Å². The van der Waals surface area contributed by atoms with Crippen LogP contribution in [0.15, 0.2) is 18.2 Å². The Bertz CT molecular complexity index is 384. The van der Waals surface area contributed by atoms with Gasteiger partial charge in [-0.05, 0) is 12.1 Å². The summed E-state index contributed by atoms with van der Waals surface area (Å²) in [4.78, 5) is 14.5. The van der Waals surface area contributed by atoms with Gasteiger partial charge in [-0.3, -0.25) is 4.79 Å². The summed E-state index contributed by atoms with van der Waals surface area (Å²) in [5.41, 5.74) is 9.87. The number of carbonyl (C=O) groups excluding carboxylic acids is 1. The maximum Gasteiger partial charge on any atom is 0.276 e. The highest BCUT2D eigenvalue weighted by Gasteiger charge is 2.26. The maximum atomic E-state index is 12.8. The van der Waals surface area contributed by atoms with Crippen molar-refractivity contribution in [1.82, 2.24) is 4.98 Å². The number of halogens is 2. The quantitative estimate of drug-likeness (QED) is 0.672. The molecule has 0 bridgehead atoms. The minimum Gasteiger partial charge on any atom is -0.364 e. The number of hydrogen-bond donors (Lipinski definition) is 3. The predicted molar refractivity (Wildman–Crippen MR) is 55.2 cm³/mol. The highest BCUT2D eigenvalue weighted by molar-refractivity contribution is 5.91. The Morgan fingerprint density at radius 1 is 1.50 bits per heavy atom. The summed E-state index contributed by atoms with van der Waals surface area (Å²) < 4.78 is 25.6. The van der Waals surface area contributed by atoms with E-state index >= 15 is 0 Å². The van der Waals surface area contributed by atoms with E-state index in [1.165, 1.54) is 18.2 Å². The molecule has 0 aliphatic rings. The van der Waals surface area contributed by atoms with Crippen LogP contribution in [0.2, 0.25) is 0 Å². The van der Waals surface area contributed by atoms with Gasteiger partial charge in [0.1, 0.15) is 11.5 Å². The zero-order valence-corrected chi connectivity index (χ0v) is 8.41. The van der Waals surface area contributed by atoms with Gasteiger partial charge < -0.3 is 16.8 Å². The molecular formula is C9H12F2N4O. The summed E-state index contributed by atoms with van der Waals surface area (Å²) in [6.45, 7) is -1.39. The fraction of sp³-hybridized carbons (Fsp3) is 0.333. The molecule has 16 heavy (non-hydrogen) atoms. The number of primary amides is 1. The van der Waals surface area contributed by atoms with Crippen molar-refractivity contribution in [3.8, 4) is 0 Å². The summed E-state index contributed by atoms with van der Waals surface area (Å²) in [5.74, 6) is -3.57. The number of aromatic nitrogens is 1. The standard InChI is InChI=1S/C9H12F2N4O/c10-9(11,4-12)5-14-7-3-1-2-6(15-7)8(13)16/h1-3H,4-5,12H2,(H2,13,16)(H,14,15). The summed E-state index contributed by atoms with van der Waals surface area (Å²) in [6, 6.07) is 4.35. The van der Waals surface area contributed by atoms with E-state index in [1.807, 2.05) is 0 Å². The van der Waals surface area contributed by atoms with Crippen molar-refractivity contribution in [2.75, 3.05) is 18.4 Å². The second-order valence-corrected chi connectivity index (χ2v) is 3.19. The Morgan fingerprint density at radius 3 is 2.75 bits per heavy atom.